The summed E-state index contributed by atoms with van der Waals surface area (Å²) in [6.45, 7) is 4.13. The van der Waals surface area contributed by atoms with Crippen LogP contribution in [0, 0.1) is 0 Å². The van der Waals surface area contributed by atoms with Gasteiger partial charge in [-0.15, -0.1) is 0 Å². The highest BCUT2D eigenvalue weighted by Gasteiger charge is 2.31. The second-order valence-electron chi connectivity index (χ2n) is 8.00. The smallest absolute Gasteiger partial charge is 0.311 e. The molecule has 0 fully saturated rings. The van der Waals surface area contributed by atoms with E-state index in [1.807, 2.05) is 78.9 Å². The molecule has 1 aliphatic heterocycles. The highest BCUT2D eigenvalue weighted by Crippen LogP contribution is 2.27. The van der Waals surface area contributed by atoms with E-state index < -0.39 is 12.2 Å². The van der Waals surface area contributed by atoms with Gasteiger partial charge in [0.25, 0.3) is 5.91 Å². The van der Waals surface area contributed by atoms with E-state index in [0.717, 1.165) is 22.4 Å². The van der Waals surface area contributed by atoms with Gasteiger partial charge in [0.05, 0.1) is 11.4 Å². The van der Waals surface area contributed by atoms with Crippen LogP contribution < -0.4 is 15.5 Å². The van der Waals surface area contributed by atoms with E-state index >= 15 is 0 Å². The van der Waals surface area contributed by atoms with Gasteiger partial charge in [-0.05, 0) is 23.6 Å². The number of hydrogen-bond donors (Lipinski definition) is 2. The summed E-state index contributed by atoms with van der Waals surface area (Å²) < 4.78 is 0. The number of para-hydroxylation sites is 2. The first-order valence-electron chi connectivity index (χ1n) is 10.6. The summed E-state index contributed by atoms with van der Waals surface area (Å²) >= 11 is 0. The number of benzodiazepines with no additional fused rings is 1. The molecule has 1 unspecified atom stereocenters. The Kier molecular flexibility index (Phi) is 6.03. The average Bonchev–Trinajstić information content (AvgIpc) is 2.90. The molecular formula is C26H26N4O2. The molecule has 0 aliphatic carbocycles. The monoisotopic (exact) mass is 426 g/mol. The molecule has 4 rings (SSSR count). The lowest BCUT2D eigenvalue weighted by molar-refractivity contribution is -0.119. The number of fused-ring (bicyclic) bond motifs is 1. The third-order valence-electron chi connectivity index (χ3n) is 5.49. The Morgan fingerprint density at radius 3 is 2.34 bits per heavy atom. The van der Waals surface area contributed by atoms with Crippen LogP contribution in [0.4, 0.5) is 16.2 Å². The highest BCUT2D eigenvalue weighted by atomic mass is 16.2. The molecule has 6 nitrogen and oxygen atoms in total. The molecule has 2 N–H and O–H groups in total. The summed E-state index contributed by atoms with van der Waals surface area (Å²) in [7, 11) is 1.70. The van der Waals surface area contributed by atoms with Gasteiger partial charge in [-0.2, -0.15) is 0 Å². The van der Waals surface area contributed by atoms with Crippen LogP contribution >= 0.6 is 0 Å². The van der Waals surface area contributed by atoms with Crippen molar-refractivity contribution < 1.29 is 9.59 Å². The zero-order chi connectivity index (χ0) is 22.7. The van der Waals surface area contributed by atoms with E-state index in [2.05, 4.69) is 24.5 Å². The lowest BCUT2D eigenvalue weighted by Crippen LogP contribution is -2.47. The fourth-order valence-corrected chi connectivity index (χ4v) is 3.84. The fraction of sp³-hybridized carbons (Fsp3) is 0.192. The molecule has 0 bridgehead atoms. The molecular weight excluding hydrogens is 400 g/mol. The van der Waals surface area contributed by atoms with Gasteiger partial charge in [0, 0.05) is 23.9 Å². The standard InChI is InChI=1S/C26H26N4O2/c1-17(2)19-13-7-9-15-21(19)27-26(32)29-24-25(31)30(3)22-16-10-8-14-20(22)23(28-24)18-11-5-4-6-12-18/h4-17,24H,1-3H3,(H2,27,29,32). The third-order valence-corrected chi connectivity index (χ3v) is 5.49. The first-order valence-corrected chi connectivity index (χ1v) is 10.6. The number of benzene rings is 3. The molecule has 1 atom stereocenters. The Balaban J connectivity index is 1.68. The molecule has 3 aromatic rings. The number of carbonyl (C=O) groups excluding carboxylic acids is 2. The molecule has 162 valence electrons. The number of rotatable bonds is 4. The van der Waals surface area contributed by atoms with Gasteiger partial charge in [-0.1, -0.05) is 80.6 Å². The molecule has 0 spiro atoms. The Bertz CT molecular complexity index is 1170. The van der Waals surface area contributed by atoms with Crippen molar-refractivity contribution in [2.24, 2.45) is 4.99 Å². The van der Waals surface area contributed by atoms with Gasteiger partial charge in [0.1, 0.15) is 0 Å². The molecule has 0 saturated carbocycles. The molecule has 0 aromatic heterocycles. The van der Waals surface area contributed by atoms with Gasteiger partial charge in [-0.25, -0.2) is 9.79 Å². The van der Waals surface area contributed by atoms with E-state index in [9.17, 15) is 9.59 Å². The topological polar surface area (TPSA) is 73.8 Å². The zero-order valence-corrected chi connectivity index (χ0v) is 18.4. The van der Waals surface area contributed by atoms with Crippen molar-refractivity contribution in [1.29, 1.82) is 0 Å². The molecule has 3 aromatic carbocycles. The van der Waals surface area contributed by atoms with Crippen molar-refractivity contribution in [3.8, 4) is 0 Å². The van der Waals surface area contributed by atoms with E-state index in [1.54, 1.807) is 11.9 Å². The molecule has 3 amide bonds. The van der Waals surface area contributed by atoms with Crippen molar-refractivity contribution in [3.63, 3.8) is 0 Å². The molecule has 6 heteroatoms. The maximum Gasteiger partial charge on any atom is 0.321 e. The minimum atomic E-state index is -1.06. The third kappa shape index (κ3) is 4.25. The summed E-state index contributed by atoms with van der Waals surface area (Å²) in [4.78, 5) is 32.4. The lowest BCUT2D eigenvalue weighted by Gasteiger charge is -2.21. The first-order chi connectivity index (χ1) is 15.5. The van der Waals surface area contributed by atoms with Gasteiger partial charge in [0.15, 0.2) is 0 Å². The SMILES string of the molecule is CC(C)c1ccccc1NC(=O)NC1N=C(c2ccccc2)c2ccccc2N(C)C1=O. The fourth-order valence-electron chi connectivity index (χ4n) is 3.84. The van der Waals surface area contributed by atoms with E-state index in [0.29, 0.717) is 11.4 Å². The minimum Gasteiger partial charge on any atom is -0.311 e. The molecule has 1 heterocycles. The molecule has 0 radical (unpaired) electrons. The predicted octanol–water partition coefficient (Wildman–Crippen LogP) is 4.77. The van der Waals surface area contributed by atoms with Crippen molar-refractivity contribution in [2.75, 3.05) is 17.3 Å². The quantitative estimate of drug-likeness (QED) is 0.631. The van der Waals surface area contributed by atoms with Gasteiger partial charge in [-0.3, -0.25) is 4.79 Å². The summed E-state index contributed by atoms with van der Waals surface area (Å²) in [6, 6.07) is 24.5. The number of nitrogens with one attached hydrogen (secondary N) is 2. The first kappa shape index (κ1) is 21.3. The Labute approximate surface area is 188 Å². The zero-order valence-electron chi connectivity index (χ0n) is 18.4. The van der Waals surface area contributed by atoms with Crippen LogP contribution in [-0.4, -0.2) is 30.9 Å². The largest absolute Gasteiger partial charge is 0.321 e. The van der Waals surface area contributed by atoms with Crippen LogP contribution in [0.2, 0.25) is 0 Å². The number of likely N-dealkylation sites (N-methyl/N-ethyl adjacent to an activating group) is 1. The second kappa shape index (κ2) is 9.06. The molecule has 32 heavy (non-hydrogen) atoms. The summed E-state index contributed by atoms with van der Waals surface area (Å²) in [5.41, 5.74) is 4.85. The average molecular weight is 427 g/mol. The Morgan fingerprint density at radius 1 is 0.938 bits per heavy atom. The highest BCUT2D eigenvalue weighted by molar-refractivity contribution is 6.20. The second-order valence-corrected chi connectivity index (χ2v) is 8.00. The van der Waals surface area contributed by atoms with Crippen LogP contribution in [0.3, 0.4) is 0 Å². The Morgan fingerprint density at radius 2 is 1.59 bits per heavy atom. The molecule has 1 aliphatic rings. The van der Waals surface area contributed by atoms with Gasteiger partial charge < -0.3 is 15.5 Å². The molecule has 0 saturated heterocycles. The normalized spacial score (nSPS) is 15.6. The maximum atomic E-state index is 13.2. The van der Waals surface area contributed by atoms with Gasteiger partial charge in [0.2, 0.25) is 6.17 Å². The van der Waals surface area contributed by atoms with Gasteiger partial charge >= 0.3 is 6.03 Å². The minimum absolute atomic E-state index is 0.245. The maximum absolute atomic E-state index is 13.2. The van der Waals surface area contributed by atoms with E-state index in [4.69, 9.17) is 4.99 Å². The number of urea groups is 1. The summed E-state index contributed by atoms with van der Waals surface area (Å²) in [5, 5.41) is 5.64. The number of anilines is 2. The number of amides is 3. The van der Waals surface area contributed by atoms with Crippen LogP contribution in [-0.2, 0) is 4.79 Å². The number of hydrogen-bond acceptors (Lipinski definition) is 3. The van der Waals surface area contributed by atoms with Crippen LogP contribution in [0.25, 0.3) is 0 Å². The summed E-state index contributed by atoms with van der Waals surface area (Å²) in [6.07, 6.45) is -1.06. The number of carbonyl (C=O) groups is 2. The van der Waals surface area contributed by atoms with Crippen molar-refractivity contribution in [1.82, 2.24) is 5.32 Å². The van der Waals surface area contributed by atoms with Crippen LogP contribution in [0.5, 0.6) is 0 Å². The number of nitrogens with zero attached hydrogens (tertiary/aromatic N) is 2. The predicted molar refractivity (Wildman–Crippen MR) is 128 cm³/mol. The van der Waals surface area contributed by atoms with Crippen LogP contribution in [0.15, 0.2) is 83.9 Å². The van der Waals surface area contributed by atoms with Crippen molar-refractivity contribution >= 4 is 29.0 Å². The number of aliphatic imine (C=N–C) groups is 1. The van der Waals surface area contributed by atoms with Crippen molar-refractivity contribution in [2.45, 2.75) is 25.9 Å². The van der Waals surface area contributed by atoms with Crippen molar-refractivity contribution in [3.05, 3.63) is 95.6 Å². The van der Waals surface area contributed by atoms with E-state index in [-0.39, 0.29) is 11.8 Å². The summed E-state index contributed by atoms with van der Waals surface area (Å²) in [5.74, 6) is -0.0648. The Hall–Kier alpha value is -3.93. The lowest BCUT2D eigenvalue weighted by atomic mass is 10.0. The van der Waals surface area contributed by atoms with Crippen LogP contribution in [0.1, 0.15) is 36.5 Å². The van der Waals surface area contributed by atoms with E-state index in [1.165, 1.54) is 0 Å².